The molecule has 0 aliphatic heterocycles. The molecular formula is C13H9Br2N3O2S. The van der Waals surface area contributed by atoms with Gasteiger partial charge in [-0.3, -0.25) is 4.79 Å². The smallest absolute Gasteiger partial charge is 0.320 e. The highest BCUT2D eigenvalue weighted by atomic mass is 79.9. The lowest BCUT2D eigenvalue weighted by atomic mass is 10.2. The van der Waals surface area contributed by atoms with Crippen molar-refractivity contribution in [3.8, 4) is 0 Å². The van der Waals surface area contributed by atoms with Crippen LogP contribution in [0.5, 0.6) is 0 Å². The molecule has 2 heterocycles. The number of aryl methyl sites for hydroxylation is 1. The fourth-order valence-electron chi connectivity index (χ4n) is 1.91. The highest BCUT2D eigenvalue weighted by Gasteiger charge is 2.14. The predicted octanol–water partition coefficient (Wildman–Crippen LogP) is 4.00. The minimum absolute atomic E-state index is 0.188. The number of anilines is 1. The number of thiophene rings is 1. The molecule has 108 valence electrons. The number of aromatic nitrogens is 2. The average molecular weight is 431 g/mol. The number of hydrogen-bond donors (Lipinski definition) is 3. The van der Waals surface area contributed by atoms with E-state index in [1.165, 1.54) is 11.3 Å². The Labute approximate surface area is 140 Å². The summed E-state index contributed by atoms with van der Waals surface area (Å²) in [5.74, 6) is -0.188. The van der Waals surface area contributed by atoms with E-state index in [0.29, 0.717) is 26.1 Å². The zero-order valence-corrected chi connectivity index (χ0v) is 14.7. The highest BCUT2D eigenvalue weighted by Crippen LogP contribution is 2.30. The van der Waals surface area contributed by atoms with Crippen LogP contribution in [0.15, 0.2) is 31.3 Å². The number of nitrogens with one attached hydrogen (secondary N) is 3. The first kappa shape index (κ1) is 14.6. The highest BCUT2D eigenvalue weighted by molar-refractivity contribution is 9.11. The Hall–Kier alpha value is -1.38. The normalized spacial score (nSPS) is 11.0. The molecule has 0 saturated carbocycles. The maximum absolute atomic E-state index is 12.3. The van der Waals surface area contributed by atoms with Crippen molar-refractivity contribution >= 4 is 65.8 Å². The summed E-state index contributed by atoms with van der Waals surface area (Å²) in [6, 6.07) is 5.29. The van der Waals surface area contributed by atoms with Crippen molar-refractivity contribution in [3.63, 3.8) is 0 Å². The van der Waals surface area contributed by atoms with Crippen molar-refractivity contribution in [2.45, 2.75) is 6.92 Å². The van der Waals surface area contributed by atoms with Gasteiger partial charge >= 0.3 is 5.69 Å². The standard InChI is InChI=1S/C13H9Br2N3O2S/c1-5-2-10(21-11(5)15)12(19)16-7-4-9-8(3-6(7)14)17-13(20)18-9/h2-4H,1H3,(H,16,19)(H2,17,18,20). The number of benzene rings is 1. The molecule has 0 radical (unpaired) electrons. The van der Waals surface area contributed by atoms with Gasteiger partial charge in [-0.05, 0) is 62.5 Å². The van der Waals surface area contributed by atoms with Crippen LogP contribution >= 0.6 is 43.2 Å². The molecular weight excluding hydrogens is 422 g/mol. The van der Waals surface area contributed by atoms with Gasteiger partial charge in [0.25, 0.3) is 5.91 Å². The van der Waals surface area contributed by atoms with Crippen molar-refractivity contribution < 1.29 is 4.79 Å². The quantitative estimate of drug-likeness (QED) is 0.574. The average Bonchev–Trinajstić information content (AvgIpc) is 2.92. The lowest BCUT2D eigenvalue weighted by molar-refractivity contribution is 0.103. The lowest BCUT2D eigenvalue weighted by Crippen LogP contribution is -2.10. The molecule has 5 nitrogen and oxygen atoms in total. The fourth-order valence-corrected chi connectivity index (χ4v) is 3.78. The first-order chi connectivity index (χ1) is 9.94. The zero-order valence-electron chi connectivity index (χ0n) is 10.7. The van der Waals surface area contributed by atoms with Crippen LogP contribution in [0.4, 0.5) is 5.69 Å². The van der Waals surface area contributed by atoms with Crippen LogP contribution in [-0.2, 0) is 0 Å². The summed E-state index contributed by atoms with van der Waals surface area (Å²) in [6.07, 6.45) is 0. The van der Waals surface area contributed by atoms with E-state index in [-0.39, 0.29) is 11.6 Å². The largest absolute Gasteiger partial charge is 0.323 e. The Morgan fingerprint density at radius 2 is 1.86 bits per heavy atom. The summed E-state index contributed by atoms with van der Waals surface area (Å²) in [7, 11) is 0. The number of hydrogen-bond acceptors (Lipinski definition) is 3. The monoisotopic (exact) mass is 429 g/mol. The number of amides is 1. The van der Waals surface area contributed by atoms with Gasteiger partial charge in [0, 0.05) is 4.47 Å². The van der Waals surface area contributed by atoms with Gasteiger partial charge in [0.1, 0.15) is 0 Å². The number of carbonyl (C=O) groups is 1. The van der Waals surface area contributed by atoms with Gasteiger partial charge in [0.2, 0.25) is 0 Å². The lowest BCUT2D eigenvalue weighted by Gasteiger charge is -2.06. The van der Waals surface area contributed by atoms with Gasteiger partial charge in [-0.1, -0.05) is 0 Å². The van der Waals surface area contributed by atoms with Gasteiger partial charge in [-0.25, -0.2) is 4.79 Å². The summed E-state index contributed by atoms with van der Waals surface area (Å²) in [4.78, 5) is 29.5. The molecule has 0 spiro atoms. The molecule has 3 N–H and O–H groups in total. The number of H-pyrrole nitrogens is 2. The Balaban J connectivity index is 1.95. The molecule has 0 fully saturated rings. The molecule has 1 amide bonds. The third-order valence-electron chi connectivity index (χ3n) is 2.93. The van der Waals surface area contributed by atoms with Crippen LogP contribution in [-0.4, -0.2) is 15.9 Å². The Morgan fingerprint density at radius 1 is 1.19 bits per heavy atom. The molecule has 8 heteroatoms. The maximum Gasteiger partial charge on any atom is 0.323 e. The maximum atomic E-state index is 12.3. The SMILES string of the molecule is Cc1cc(C(=O)Nc2cc3[nH]c(=O)[nH]c3cc2Br)sc1Br. The summed E-state index contributed by atoms with van der Waals surface area (Å²) in [6.45, 7) is 1.93. The van der Waals surface area contributed by atoms with E-state index in [0.717, 1.165) is 9.35 Å². The number of imidazole rings is 1. The third-order valence-corrected chi connectivity index (χ3v) is 5.72. The van der Waals surface area contributed by atoms with Crippen molar-refractivity contribution in [3.05, 3.63) is 47.4 Å². The van der Waals surface area contributed by atoms with Gasteiger partial charge in [0.15, 0.2) is 0 Å². The number of fused-ring (bicyclic) bond motifs is 1. The number of aromatic amines is 2. The second-order valence-electron chi connectivity index (χ2n) is 4.48. The molecule has 0 unspecified atom stereocenters. The molecule has 0 aliphatic rings. The van der Waals surface area contributed by atoms with Gasteiger partial charge in [0.05, 0.1) is 25.4 Å². The van der Waals surface area contributed by atoms with Crippen molar-refractivity contribution in [1.29, 1.82) is 0 Å². The van der Waals surface area contributed by atoms with Crippen LogP contribution in [0.1, 0.15) is 15.2 Å². The molecule has 21 heavy (non-hydrogen) atoms. The van der Waals surface area contributed by atoms with E-state index in [1.807, 2.05) is 13.0 Å². The second-order valence-corrected chi connectivity index (χ2v) is 7.70. The summed E-state index contributed by atoms with van der Waals surface area (Å²) < 4.78 is 1.64. The van der Waals surface area contributed by atoms with E-state index in [4.69, 9.17) is 0 Å². The van der Waals surface area contributed by atoms with E-state index < -0.39 is 0 Å². The molecule has 0 aliphatic carbocycles. The fraction of sp³-hybridized carbons (Fsp3) is 0.0769. The Bertz CT molecular complexity index is 890. The van der Waals surface area contributed by atoms with Crippen molar-refractivity contribution in [2.24, 2.45) is 0 Å². The molecule has 1 aromatic carbocycles. The molecule has 3 rings (SSSR count). The minimum atomic E-state index is -0.279. The van der Waals surface area contributed by atoms with Crippen LogP contribution in [0, 0.1) is 6.92 Å². The van der Waals surface area contributed by atoms with Gasteiger partial charge < -0.3 is 15.3 Å². The summed E-state index contributed by atoms with van der Waals surface area (Å²) >= 11 is 8.18. The van der Waals surface area contributed by atoms with Crippen LogP contribution in [0.3, 0.4) is 0 Å². The third kappa shape index (κ3) is 2.83. The van der Waals surface area contributed by atoms with Crippen LogP contribution in [0.2, 0.25) is 0 Å². The minimum Gasteiger partial charge on any atom is -0.320 e. The van der Waals surface area contributed by atoms with Crippen LogP contribution in [0.25, 0.3) is 11.0 Å². The molecule has 2 aromatic heterocycles. The molecule has 0 atom stereocenters. The molecule has 0 saturated heterocycles. The Kier molecular flexibility index (Phi) is 3.76. The van der Waals surface area contributed by atoms with Gasteiger partial charge in [-0.2, -0.15) is 0 Å². The number of halogens is 2. The first-order valence-electron chi connectivity index (χ1n) is 5.93. The van der Waals surface area contributed by atoms with E-state index in [9.17, 15) is 9.59 Å². The first-order valence-corrected chi connectivity index (χ1v) is 8.33. The van der Waals surface area contributed by atoms with Crippen molar-refractivity contribution in [2.75, 3.05) is 5.32 Å². The van der Waals surface area contributed by atoms with E-state index in [2.05, 4.69) is 47.1 Å². The van der Waals surface area contributed by atoms with Gasteiger partial charge in [-0.15, -0.1) is 11.3 Å². The summed E-state index contributed by atoms with van der Waals surface area (Å²) in [5.41, 5.74) is 2.67. The zero-order chi connectivity index (χ0) is 15.1. The number of carbonyl (C=O) groups excluding carboxylic acids is 1. The van der Waals surface area contributed by atoms with Crippen LogP contribution < -0.4 is 11.0 Å². The summed E-state index contributed by atoms with van der Waals surface area (Å²) in [5, 5.41) is 2.84. The topological polar surface area (TPSA) is 77.8 Å². The number of rotatable bonds is 2. The van der Waals surface area contributed by atoms with E-state index in [1.54, 1.807) is 12.1 Å². The van der Waals surface area contributed by atoms with Crippen molar-refractivity contribution in [1.82, 2.24) is 9.97 Å². The Morgan fingerprint density at radius 3 is 2.48 bits per heavy atom. The predicted molar refractivity (Wildman–Crippen MR) is 91.3 cm³/mol. The molecule has 0 bridgehead atoms. The second kappa shape index (κ2) is 5.43. The van der Waals surface area contributed by atoms with E-state index >= 15 is 0 Å². The molecule has 3 aromatic rings.